The van der Waals surface area contributed by atoms with Crippen molar-refractivity contribution in [2.75, 3.05) is 0 Å². The highest BCUT2D eigenvalue weighted by atomic mass is 32.1. The third kappa shape index (κ3) is 3.32. The van der Waals surface area contributed by atoms with Gasteiger partial charge in [-0.3, -0.25) is 4.40 Å². The molecule has 7 aromatic carbocycles. The Bertz CT molecular complexity index is 3330. The van der Waals surface area contributed by atoms with Crippen LogP contribution in [0.25, 0.3) is 108 Å². The molecule has 12 rings (SSSR count). The first-order chi connectivity index (χ1) is 24.3. The first-order valence-electron chi connectivity index (χ1n) is 16.6. The highest BCUT2D eigenvalue weighted by molar-refractivity contribution is 7.26. The van der Waals surface area contributed by atoms with Gasteiger partial charge in [0.15, 0.2) is 5.65 Å². The summed E-state index contributed by atoms with van der Waals surface area (Å²) in [7, 11) is 0. The van der Waals surface area contributed by atoms with Gasteiger partial charge in [-0.05, 0) is 77.9 Å². The molecule has 0 N–H and O–H groups in total. The maximum Gasteiger partial charge on any atom is 0.165 e. The summed E-state index contributed by atoms with van der Waals surface area (Å²) in [5.74, 6) is 0. The molecule has 0 aliphatic carbocycles. The van der Waals surface area contributed by atoms with Crippen LogP contribution in [0.5, 0.6) is 0 Å². The second-order valence-electron chi connectivity index (χ2n) is 13.0. The van der Waals surface area contributed by atoms with Crippen LogP contribution in [0.1, 0.15) is 0 Å². The molecule has 0 atom stereocenters. The molecule has 0 fully saturated rings. The molecule has 0 aliphatic heterocycles. The number of benzene rings is 7. The monoisotopic (exact) mass is 640 g/mol. The zero-order valence-corrected chi connectivity index (χ0v) is 26.9. The average Bonchev–Trinajstić information content (AvgIpc) is 3.88. The molecule has 0 aliphatic rings. The topological polar surface area (TPSA) is 35.1 Å². The van der Waals surface area contributed by atoms with Gasteiger partial charge in [-0.25, -0.2) is 9.97 Å². The lowest BCUT2D eigenvalue weighted by atomic mass is 9.99. The molecule has 5 heterocycles. The van der Waals surface area contributed by atoms with Gasteiger partial charge in [0.2, 0.25) is 0 Å². The van der Waals surface area contributed by atoms with E-state index in [-0.39, 0.29) is 0 Å². The van der Waals surface area contributed by atoms with Gasteiger partial charge in [-0.15, -0.1) is 11.3 Å². The number of nitrogens with zero attached hydrogens (tertiary/aromatic N) is 4. The van der Waals surface area contributed by atoms with E-state index in [4.69, 9.17) is 9.97 Å². The average molecular weight is 641 g/mol. The lowest BCUT2D eigenvalue weighted by molar-refractivity contribution is 1.18. The van der Waals surface area contributed by atoms with Crippen LogP contribution >= 0.6 is 11.3 Å². The van der Waals surface area contributed by atoms with Crippen molar-refractivity contribution in [3.8, 4) is 16.8 Å². The Kier molecular flexibility index (Phi) is 4.83. The Morgan fingerprint density at radius 3 is 1.94 bits per heavy atom. The molecule has 5 aromatic heterocycles. The van der Waals surface area contributed by atoms with E-state index < -0.39 is 0 Å². The fourth-order valence-electron chi connectivity index (χ4n) is 8.33. The summed E-state index contributed by atoms with van der Waals surface area (Å²) in [5.41, 5.74) is 12.1. The summed E-state index contributed by atoms with van der Waals surface area (Å²) in [5, 5.41) is 8.76. The van der Waals surface area contributed by atoms with E-state index in [0.29, 0.717) is 0 Å². The van der Waals surface area contributed by atoms with Gasteiger partial charge in [0, 0.05) is 52.8 Å². The van der Waals surface area contributed by atoms with Crippen LogP contribution in [-0.4, -0.2) is 18.9 Å². The van der Waals surface area contributed by atoms with Crippen molar-refractivity contribution in [3.63, 3.8) is 0 Å². The largest absolute Gasteiger partial charge is 0.309 e. The summed E-state index contributed by atoms with van der Waals surface area (Å²) < 4.78 is 7.31. The maximum atomic E-state index is 5.27. The Morgan fingerprint density at radius 1 is 0.449 bits per heavy atom. The Balaban J connectivity index is 1.17. The number of fused-ring (bicyclic) bond motifs is 14. The molecule has 226 valence electrons. The SMILES string of the molecule is c1ccc(-n2c3ccccc3c3cc(-c4ccc5c(c4)c4cc6sc7ccccc7c6c6c7nc8ccccc8nc7n5c46)ccc32)cc1. The predicted molar refractivity (Wildman–Crippen MR) is 207 cm³/mol. The zero-order valence-electron chi connectivity index (χ0n) is 26.1. The molecular formula is C44H24N4S. The Labute approximate surface area is 283 Å². The fourth-order valence-corrected chi connectivity index (χ4v) is 9.49. The zero-order chi connectivity index (χ0) is 31.8. The number of hydrogen-bond acceptors (Lipinski definition) is 3. The molecule has 5 heteroatoms. The molecular weight excluding hydrogens is 617 g/mol. The fraction of sp³-hybridized carbons (Fsp3) is 0. The van der Waals surface area contributed by atoms with Crippen LogP contribution in [0.4, 0.5) is 0 Å². The molecule has 0 spiro atoms. The van der Waals surface area contributed by atoms with Gasteiger partial charge in [0.25, 0.3) is 0 Å². The second-order valence-corrected chi connectivity index (χ2v) is 14.1. The Morgan fingerprint density at radius 2 is 1.10 bits per heavy atom. The van der Waals surface area contributed by atoms with Crippen LogP contribution < -0.4 is 0 Å². The number of hydrogen-bond donors (Lipinski definition) is 0. The molecule has 0 saturated carbocycles. The minimum absolute atomic E-state index is 0.912. The first kappa shape index (κ1) is 25.7. The number of rotatable bonds is 2. The summed E-state index contributed by atoms with van der Waals surface area (Å²) in [6.07, 6.45) is 0. The normalized spacial score (nSPS) is 12.5. The lowest BCUT2D eigenvalue weighted by Crippen LogP contribution is -1.92. The number of para-hydroxylation sites is 4. The predicted octanol–water partition coefficient (Wildman–Crippen LogP) is 11.9. The van der Waals surface area contributed by atoms with E-state index in [1.54, 1.807) is 0 Å². The molecule has 49 heavy (non-hydrogen) atoms. The van der Waals surface area contributed by atoms with Crippen LogP contribution in [0.3, 0.4) is 0 Å². The highest BCUT2D eigenvalue weighted by Crippen LogP contribution is 2.47. The third-order valence-corrected chi connectivity index (χ3v) is 11.5. The minimum Gasteiger partial charge on any atom is -0.309 e. The minimum atomic E-state index is 0.912. The molecule has 0 bridgehead atoms. The molecule has 12 aromatic rings. The smallest absolute Gasteiger partial charge is 0.165 e. The van der Waals surface area contributed by atoms with Crippen LogP contribution in [0.2, 0.25) is 0 Å². The summed E-state index contributed by atoms with van der Waals surface area (Å²) in [6, 6.07) is 52.6. The van der Waals surface area contributed by atoms with Gasteiger partial charge in [0.05, 0.1) is 33.1 Å². The van der Waals surface area contributed by atoms with Crippen molar-refractivity contribution in [3.05, 3.63) is 146 Å². The quantitative estimate of drug-likeness (QED) is 0.188. The summed E-state index contributed by atoms with van der Waals surface area (Å²) in [4.78, 5) is 10.5. The standard InChI is InChI=1S/C44H24N4S/c1-2-10-27(11-3-1)47-35-16-8-4-12-28(35)30-22-25(18-20-36(30)47)26-19-21-37-31(23-26)32-24-39-40(29-13-5-9-17-38(29)49-39)41-42-44(48(37)43(32)41)46-34-15-7-6-14-33(34)45-42/h1-24H. The van der Waals surface area contributed by atoms with E-state index in [9.17, 15) is 0 Å². The van der Waals surface area contributed by atoms with Crippen molar-refractivity contribution in [1.29, 1.82) is 0 Å². The second kappa shape index (κ2) is 9.19. The van der Waals surface area contributed by atoms with Gasteiger partial charge in [0.1, 0.15) is 5.52 Å². The lowest BCUT2D eigenvalue weighted by Gasteiger charge is -2.08. The molecule has 0 saturated heterocycles. The molecule has 0 radical (unpaired) electrons. The van der Waals surface area contributed by atoms with Crippen molar-refractivity contribution >= 4 is 103 Å². The van der Waals surface area contributed by atoms with Gasteiger partial charge >= 0.3 is 0 Å². The Hall–Kier alpha value is -6.30. The van der Waals surface area contributed by atoms with E-state index in [0.717, 1.165) is 27.7 Å². The van der Waals surface area contributed by atoms with E-state index in [1.165, 1.54) is 80.5 Å². The van der Waals surface area contributed by atoms with Crippen molar-refractivity contribution in [2.45, 2.75) is 0 Å². The number of aromatic nitrogens is 4. The van der Waals surface area contributed by atoms with E-state index in [1.807, 2.05) is 23.5 Å². The van der Waals surface area contributed by atoms with Gasteiger partial charge in [-0.1, -0.05) is 78.9 Å². The van der Waals surface area contributed by atoms with Gasteiger partial charge in [-0.2, -0.15) is 0 Å². The molecule has 4 nitrogen and oxygen atoms in total. The maximum absolute atomic E-state index is 5.27. The van der Waals surface area contributed by atoms with Crippen molar-refractivity contribution < 1.29 is 0 Å². The summed E-state index contributed by atoms with van der Waals surface area (Å²) in [6.45, 7) is 0. The van der Waals surface area contributed by atoms with Gasteiger partial charge < -0.3 is 4.57 Å². The molecule has 0 amide bonds. The van der Waals surface area contributed by atoms with Crippen LogP contribution in [0, 0.1) is 0 Å². The third-order valence-electron chi connectivity index (χ3n) is 10.4. The van der Waals surface area contributed by atoms with E-state index in [2.05, 4.69) is 142 Å². The first-order valence-corrected chi connectivity index (χ1v) is 17.4. The van der Waals surface area contributed by atoms with Crippen LogP contribution in [-0.2, 0) is 0 Å². The highest BCUT2D eigenvalue weighted by Gasteiger charge is 2.24. The number of thiophene rings is 1. The van der Waals surface area contributed by atoms with Crippen molar-refractivity contribution in [1.82, 2.24) is 18.9 Å². The summed E-state index contributed by atoms with van der Waals surface area (Å²) >= 11 is 1.86. The van der Waals surface area contributed by atoms with Crippen molar-refractivity contribution in [2.24, 2.45) is 0 Å². The molecule has 0 unspecified atom stereocenters. The van der Waals surface area contributed by atoms with Crippen LogP contribution in [0.15, 0.2) is 146 Å². The van der Waals surface area contributed by atoms with E-state index >= 15 is 0 Å².